The van der Waals surface area contributed by atoms with Gasteiger partial charge in [0.05, 0.1) is 12.6 Å². The Labute approximate surface area is 115 Å². The Bertz CT molecular complexity index is 423. The van der Waals surface area contributed by atoms with Crippen LogP contribution in [0.3, 0.4) is 0 Å². The number of benzene rings is 1. The van der Waals surface area contributed by atoms with Crippen molar-refractivity contribution in [1.82, 2.24) is 4.90 Å². The molecule has 1 aliphatic heterocycles. The van der Waals surface area contributed by atoms with E-state index in [0.717, 1.165) is 43.7 Å². The Morgan fingerprint density at radius 3 is 2.63 bits per heavy atom. The highest BCUT2D eigenvalue weighted by Crippen LogP contribution is 2.15. The van der Waals surface area contributed by atoms with Crippen LogP contribution in [0.1, 0.15) is 35.7 Å². The lowest BCUT2D eigenvalue weighted by Crippen LogP contribution is -2.40. The number of Topliss-reactive ketones (excluding diaryl/α,β-unsaturated/α-hetero) is 1. The van der Waals surface area contributed by atoms with E-state index >= 15 is 0 Å². The van der Waals surface area contributed by atoms with E-state index in [2.05, 4.69) is 4.90 Å². The molecule has 0 N–H and O–H groups in total. The van der Waals surface area contributed by atoms with Gasteiger partial charge in [0.1, 0.15) is 0 Å². The van der Waals surface area contributed by atoms with Crippen molar-refractivity contribution in [3.63, 3.8) is 0 Å². The highest BCUT2D eigenvalue weighted by atomic mass is 16.5. The number of ketones is 1. The van der Waals surface area contributed by atoms with Gasteiger partial charge < -0.3 is 4.74 Å². The second kappa shape index (κ2) is 6.83. The standard InChI is InChI=1S/C16H23NO2/c1-3-19-14-8-10-17(11-9-14)12-16(18)15-7-5-4-6-13(15)2/h4-7,14H,3,8-12H2,1-2H3. The number of hydrogen-bond acceptors (Lipinski definition) is 3. The maximum absolute atomic E-state index is 12.3. The molecule has 3 nitrogen and oxygen atoms in total. The smallest absolute Gasteiger partial charge is 0.177 e. The molecule has 3 heteroatoms. The predicted molar refractivity (Wildman–Crippen MR) is 76.6 cm³/mol. The van der Waals surface area contributed by atoms with Gasteiger partial charge in [0.2, 0.25) is 0 Å². The summed E-state index contributed by atoms with van der Waals surface area (Å²) in [7, 11) is 0. The summed E-state index contributed by atoms with van der Waals surface area (Å²) in [5, 5.41) is 0. The third-order valence-corrected chi connectivity index (χ3v) is 3.75. The maximum atomic E-state index is 12.3. The molecule has 0 amide bonds. The molecule has 1 aromatic carbocycles. The number of likely N-dealkylation sites (tertiary alicyclic amines) is 1. The van der Waals surface area contributed by atoms with Crippen molar-refractivity contribution in [3.8, 4) is 0 Å². The van der Waals surface area contributed by atoms with E-state index in [1.807, 2.05) is 38.1 Å². The molecule has 1 fully saturated rings. The minimum atomic E-state index is 0.230. The SMILES string of the molecule is CCOC1CCN(CC(=O)c2ccccc2C)CC1. The van der Waals surface area contributed by atoms with Gasteiger partial charge in [-0.2, -0.15) is 0 Å². The van der Waals surface area contributed by atoms with Crippen LogP contribution >= 0.6 is 0 Å². The van der Waals surface area contributed by atoms with Gasteiger partial charge in [0, 0.05) is 25.3 Å². The zero-order valence-electron chi connectivity index (χ0n) is 11.9. The van der Waals surface area contributed by atoms with Crippen molar-refractivity contribution >= 4 is 5.78 Å². The van der Waals surface area contributed by atoms with Crippen LogP contribution in [0, 0.1) is 6.92 Å². The summed E-state index contributed by atoms with van der Waals surface area (Å²) >= 11 is 0. The lowest BCUT2D eigenvalue weighted by Gasteiger charge is -2.31. The van der Waals surface area contributed by atoms with Crippen molar-refractivity contribution in [1.29, 1.82) is 0 Å². The van der Waals surface area contributed by atoms with Gasteiger partial charge >= 0.3 is 0 Å². The number of hydrogen-bond donors (Lipinski definition) is 0. The van der Waals surface area contributed by atoms with E-state index in [9.17, 15) is 4.79 Å². The van der Waals surface area contributed by atoms with Crippen LogP contribution in [-0.4, -0.2) is 43.0 Å². The largest absolute Gasteiger partial charge is 0.378 e. The second-order valence-corrected chi connectivity index (χ2v) is 5.17. The van der Waals surface area contributed by atoms with Gasteiger partial charge in [-0.05, 0) is 32.3 Å². The Hall–Kier alpha value is -1.19. The molecule has 19 heavy (non-hydrogen) atoms. The number of carbonyl (C=O) groups is 1. The number of aryl methyl sites for hydroxylation is 1. The molecule has 0 unspecified atom stereocenters. The fourth-order valence-corrected chi connectivity index (χ4v) is 2.64. The van der Waals surface area contributed by atoms with Crippen molar-refractivity contribution < 1.29 is 9.53 Å². The number of ether oxygens (including phenoxy) is 1. The van der Waals surface area contributed by atoms with Crippen LogP contribution in [-0.2, 0) is 4.74 Å². The zero-order chi connectivity index (χ0) is 13.7. The van der Waals surface area contributed by atoms with Crippen molar-refractivity contribution in [2.45, 2.75) is 32.8 Å². The summed E-state index contributed by atoms with van der Waals surface area (Å²) in [4.78, 5) is 14.5. The zero-order valence-corrected chi connectivity index (χ0v) is 11.9. The fraction of sp³-hybridized carbons (Fsp3) is 0.562. The van der Waals surface area contributed by atoms with Gasteiger partial charge in [0.25, 0.3) is 0 Å². The summed E-state index contributed by atoms with van der Waals surface area (Å²) in [6.07, 6.45) is 2.46. The Morgan fingerprint density at radius 1 is 1.32 bits per heavy atom. The third-order valence-electron chi connectivity index (χ3n) is 3.75. The molecule has 0 spiro atoms. The quantitative estimate of drug-likeness (QED) is 0.763. The van der Waals surface area contributed by atoms with Crippen LogP contribution in [0.2, 0.25) is 0 Å². The molecule has 0 aliphatic carbocycles. The maximum Gasteiger partial charge on any atom is 0.177 e. The topological polar surface area (TPSA) is 29.5 Å². The summed E-state index contributed by atoms with van der Waals surface area (Å²) in [6, 6.07) is 7.82. The molecule has 1 aliphatic rings. The monoisotopic (exact) mass is 261 g/mol. The number of rotatable bonds is 5. The first-order valence-electron chi connectivity index (χ1n) is 7.13. The molecule has 0 atom stereocenters. The molecule has 1 aromatic rings. The summed E-state index contributed by atoms with van der Waals surface area (Å²) in [6.45, 7) is 7.27. The summed E-state index contributed by atoms with van der Waals surface area (Å²) in [5.41, 5.74) is 1.92. The van der Waals surface area contributed by atoms with E-state index in [-0.39, 0.29) is 5.78 Å². The van der Waals surface area contributed by atoms with Crippen LogP contribution in [0.15, 0.2) is 24.3 Å². The predicted octanol–water partition coefficient (Wildman–Crippen LogP) is 2.68. The highest BCUT2D eigenvalue weighted by Gasteiger charge is 2.21. The Kier molecular flexibility index (Phi) is 5.11. The van der Waals surface area contributed by atoms with Crippen molar-refractivity contribution in [2.24, 2.45) is 0 Å². The van der Waals surface area contributed by atoms with Gasteiger partial charge in [0.15, 0.2) is 5.78 Å². The normalized spacial score (nSPS) is 17.6. The first kappa shape index (κ1) is 14.2. The number of nitrogens with zero attached hydrogens (tertiary/aromatic N) is 1. The lowest BCUT2D eigenvalue weighted by molar-refractivity contribution is 0.0147. The van der Waals surface area contributed by atoms with Crippen LogP contribution in [0.5, 0.6) is 0 Å². The Balaban J connectivity index is 1.86. The molecule has 2 rings (SSSR count). The van der Waals surface area contributed by atoms with Gasteiger partial charge in [-0.15, -0.1) is 0 Å². The molecular formula is C16H23NO2. The van der Waals surface area contributed by atoms with Crippen LogP contribution in [0.4, 0.5) is 0 Å². The highest BCUT2D eigenvalue weighted by molar-refractivity contribution is 5.98. The average Bonchev–Trinajstić information content (AvgIpc) is 2.42. The third kappa shape index (κ3) is 3.88. The number of piperidine rings is 1. The molecule has 0 saturated carbocycles. The molecule has 0 radical (unpaired) electrons. The number of carbonyl (C=O) groups excluding carboxylic acids is 1. The fourth-order valence-electron chi connectivity index (χ4n) is 2.64. The van der Waals surface area contributed by atoms with Gasteiger partial charge in [-0.1, -0.05) is 24.3 Å². The van der Waals surface area contributed by atoms with E-state index in [4.69, 9.17) is 4.74 Å². The van der Waals surface area contributed by atoms with Gasteiger partial charge in [-0.25, -0.2) is 0 Å². The van der Waals surface area contributed by atoms with Crippen molar-refractivity contribution in [2.75, 3.05) is 26.2 Å². The molecule has 1 saturated heterocycles. The lowest BCUT2D eigenvalue weighted by atomic mass is 10.0. The van der Waals surface area contributed by atoms with Crippen molar-refractivity contribution in [3.05, 3.63) is 35.4 Å². The van der Waals surface area contributed by atoms with E-state index < -0.39 is 0 Å². The summed E-state index contributed by atoms with van der Waals surface area (Å²) < 4.78 is 5.63. The molecule has 0 aromatic heterocycles. The van der Waals surface area contributed by atoms with E-state index in [0.29, 0.717) is 12.6 Å². The molecule has 104 valence electrons. The minimum absolute atomic E-state index is 0.230. The average molecular weight is 261 g/mol. The second-order valence-electron chi connectivity index (χ2n) is 5.17. The van der Waals surface area contributed by atoms with E-state index in [1.54, 1.807) is 0 Å². The molecular weight excluding hydrogens is 238 g/mol. The molecule has 0 bridgehead atoms. The Morgan fingerprint density at radius 2 is 2.00 bits per heavy atom. The van der Waals surface area contributed by atoms with E-state index in [1.165, 1.54) is 0 Å². The van der Waals surface area contributed by atoms with Crippen LogP contribution < -0.4 is 0 Å². The first-order chi connectivity index (χ1) is 9.20. The minimum Gasteiger partial charge on any atom is -0.378 e. The summed E-state index contributed by atoms with van der Waals surface area (Å²) in [5.74, 6) is 0.230. The van der Waals surface area contributed by atoms with Gasteiger partial charge in [-0.3, -0.25) is 9.69 Å². The first-order valence-corrected chi connectivity index (χ1v) is 7.13. The molecule has 1 heterocycles. The van der Waals surface area contributed by atoms with Crippen LogP contribution in [0.25, 0.3) is 0 Å².